The van der Waals surface area contributed by atoms with E-state index in [1.54, 1.807) is 0 Å². The van der Waals surface area contributed by atoms with Crippen LogP contribution in [-0.4, -0.2) is 37.5 Å². The second-order valence-electron chi connectivity index (χ2n) is 6.23. The molecule has 0 aromatic carbocycles. The largest absolute Gasteiger partial charge is 0.357 e. The Balaban J connectivity index is 4.11. The Morgan fingerprint density at radius 1 is 1.09 bits per heavy atom. The van der Waals surface area contributed by atoms with E-state index in [0.29, 0.717) is 19.0 Å². The Morgan fingerprint density at radius 3 is 2.41 bits per heavy atom. The van der Waals surface area contributed by atoms with E-state index in [4.69, 9.17) is 0 Å². The monoisotopic (exact) mass is 312 g/mol. The van der Waals surface area contributed by atoms with Crippen LogP contribution in [0.4, 0.5) is 0 Å². The first kappa shape index (κ1) is 20.7. The van der Waals surface area contributed by atoms with Crippen LogP contribution in [0, 0.1) is 5.92 Å². The number of carbonyl (C=O) groups is 1. The second kappa shape index (κ2) is 13.4. The zero-order chi connectivity index (χ0) is 16.8. The van der Waals surface area contributed by atoms with Crippen molar-refractivity contribution in [2.45, 2.75) is 72.8 Å². The summed E-state index contributed by atoms with van der Waals surface area (Å²) in [6.07, 6.45) is 5.03. The van der Waals surface area contributed by atoms with Crippen LogP contribution in [0.5, 0.6) is 0 Å². The first-order valence-electron chi connectivity index (χ1n) is 8.81. The standard InChI is InChI=1S/C17H36N4O/c1-6-12-19-16(22)11-13-20-17(18-7-2)21-15(5)10-8-9-14(3)4/h14-15H,6-13H2,1-5H3,(H,19,22)(H2,18,20,21). The van der Waals surface area contributed by atoms with Gasteiger partial charge in [-0.3, -0.25) is 9.79 Å². The average molecular weight is 313 g/mol. The quantitative estimate of drug-likeness (QED) is 0.406. The van der Waals surface area contributed by atoms with Crippen molar-refractivity contribution in [3.8, 4) is 0 Å². The molecule has 1 atom stereocenters. The van der Waals surface area contributed by atoms with Crippen molar-refractivity contribution < 1.29 is 4.79 Å². The fourth-order valence-corrected chi connectivity index (χ4v) is 2.08. The van der Waals surface area contributed by atoms with Crippen LogP contribution in [-0.2, 0) is 4.79 Å². The molecular weight excluding hydrogens is 276 g/mol. The minimum absolute atomic E-state index is 0.0754. The highest BCUT2D eigenvalue weighted by Crippen LogP contribution is 2.08. The lowest BCUT2D eigenvalue weighted by atomic mass is 10.0. The van der Waals surface area contributed by atoms with E-state index in [1.807, 2.05) is 6.92 Å². The van der Waals surface area contributed by atoms with Gasteiger partial charge in [-0.05, 0) is 32.6 Å². The third-order valence-corrected chi connectivity index (χ3v) is 3.33. The van der Waals surface area contributed by atoms with Gasteiger partial charge < -0.3 is 16.0 Å². The highest BCUT2D eigenvalue weighted by atomic mass is 16.1. The highest BCUT2D eigenvalue weighted by Gasteiger charge is 2.06. The molecule has 5 heteroatoms. The minimum Gasteiger partial charge on any atom is -0.357 e. The number of aliphatic imine (C=N–C) groups is 1. The molecule has 0 aliphatic rings. The number of guanidine groups is 1. The second-order valence-corrected chi connectivity index (χ2v) is 6.23. The predicted molar refractivity (Wildman–Crippen MR) is 95.2 cm³/mol. The van der Waals surface area contributed by atoms with Crippen molar-refractivity contribution >= 4 is 11.9 Å². The maximum absolute atomic E-state index is 11.5. The Kier molecular flexibility index (Phi) is 12.6. The lowest BCUT2D eigenvalue weighted by molar-refractivity contribution is -0.120. The lowest BCUT2D eigenvalue weighted by Crippen LogP contribution is -2.42. The fraction of sp³-hybridized carbons (Fsp3) is 0.882. The summed E-state index contributed by atoms with van der Waals surface area (Å²) in [5.41, 5.74) is 0. The molecule has 0 spiro atoms. The van der Waals surface area contributed by atoms with E-state index in [-0.39, 0.29) is 5.91 Å². The van der Waals surface area contributed by atoms with Crippen LogP contribution in [0.2, 0.25) is 0 Å². The molecule has 1 unspecified atom stereocenters. The smallest absolute Gasteiger partial charge is 0.221 e. The molecule has 3 N–H and O–H groups in total. The van der Waals surface area contributed by atoms with E-state index >= 15 is 0 Å². The van der Waals surface area contributed by atoms with Gasteiger partial charge in [-0.15, -0.1) is 0 Å². The van der Waals surface area contributed by atoms with Gasteiger partial charge in [-0.1, -0.05) is 33.6 Å². The SMILES string of the molecule is CCCNC(=O)CCN=C(NCC)NC(C)CCCC(C)C. The van der Waals surface area contributed by atoms with Gasteiger partial charge >= 0.3 is 0 Å². The molecule has 0 bridgehead atoms. The maximum Gasteiger partial charge on any atom is 0.221 e. The van der Waals surface area contributed by atoms with Crippen LogP contribution in [0.15, 0.2) is 4.99 Å². The summed E-state index contributed by atoms with van der Waals surface area (Å²) < 4.78 is 0. The molecule has 0 saturated carbocycles. The van der Waals surface area contributed by atoms with E-state index in [2.05, 4.69) is 48.6 Å². The summed E-state index contributed by atoms with van der Waals surface area (Å²) in [5, 5.41) is 9.52. The van der Waals surface area contributed by atoms with E-state index in [0.717, 1.165) is 37.8 Å². The van der Waals surface area contributed by atoms with Gasteiger partial charge in [0, 0.05) is 25.6 Å². The van der Waals surface area contributed by atoms with Gasteiger partial charge in [0.25, 0.3) is 0 Å². The fourth-order valence-electron chi connectivity index (χ4n) is 2.08. The molecule has 0 aliphatic carbocycles. The summed E-state index contributed by atoms with van der Waals surface area (Å²) in [6.45, 7) is 12.9. The van der Waals surface area contributed by atoms with Gasteiger partial charge in [0.1, 0.15) is 0 Å². The first-order valence-corrected chi connectivity index (χ1v) is 8.81. The average Bonchev–Trinajstić information content (AvgIpc) is 2.44. The summed E-state index contributed by atoms with van der Waals surface area (Å²) in [7, 11) is 0. The van der Waals surface area contributed by atoms with Crippen molar-refractivity contribution in [1.82, 2.24) is 16.0 Å². The molecule has 22 heavy (non-hydrogen) atoms. The Hall–Kier alpha value is -1.26. The molecule has 0 saturated heterocycles. The number of nitrogens with zero attached hydrogens (tertiary/aromatic N) is 1. The summed E-state index contributed by atoms with van der Waals surface area (Å²) in [6, 6.07) is 0.394. The first-order chi connectivity index (χ1) is 10.5. The highest BCUT2D eigenvalue weighted by molar-refractivity contribution is 5.81. The zero-order valence-electron chi connectivity index (χ0n) is 15.2. The molecule has 0 aliphatic heterocycles. The topological polar surface area (TPSA) is 65.5 Å². The molecule has 0 aromatic rings. The van der Waals surface area contributed by atoms with Crippen molar-refractivity contribution in [3.05, 3.63) is 0 Å². The third kappa shape index (κ3) is 12.5. The van der Waals surface area contributed by atoms with Gasteiger partial charge in [0.05, 0.1) is 6.54 Å². The minimum atomic E-state index is 0.0754. The van der Waals surface area contributed by atoms with E-state index < -0.39 is 0 Å². The lowest BCUT2D eigenvalue weighted by Gasteiger charge is -2.18. The van der Waals surface area contributed by atoms with E-state index in [1.165, 1.54) is 12.8 Å². The zero-order valence-corrected chi connectivity index (χ0v) is 15.2. The predicted octanol–water partition coefficient (Wildman–Crippen LogP) is 2.67. The molecule has 0 heterocycles. The Labute approximate surface area is 136 Å². The summed E-state index contributed by atoms with van der Waals surface area (Å²) in [5.74, 6) is 1.64. The van der Waals surface area contributed by atoms with Crippen LogP contribution in [0.3, 0.4) is 0 Å². The number of hydrogen-bond donors (Lipinski definition) is 3. The molecule has 1 amide bonds. The van der Waals surface area contributed by atoms with Crippen LogP contribution >= 0.6 is 0 Å². The normalized spacial score (nSPS) is 13.1. The van der Waals surface area contributed by atoms with Crippen molar-refractivity contribution in [2.75, 3.05) is 19.6 Å². The van der Waals surface area contributed by atoms with Gasteiger partial charge in [-0.2, -0.15) is 0 Å². The number of carbonyl (C=O) groups excluding carboxylic acids is 1. The van der Waals surface area contributed by atoms with Crippen LogP contribution in [0.25, 0.3) is 0 Å². The van der Waals surface area contributed by atoms with Gasteiger partial charge in [0.2, 0.25) is 5.91 Å². The Morgan fingerprint density at radius 2 is 1.82 bits per heavy atom. The van der Waals surface area contributed by atoms with Gasteiger partial charge in [0.15, 0.2) is 5.96 Å². The molecule has 0 fully saturated rings. The number of hydrogen-bond acceptors (Lipinski definition) is 2. The molecule has 5 nitrogen and oxygen atoms in total. The molecule has 130 valence electrons. The van der Waals surface area contributed by atoms with Crippen molar-refractivity contribution in [2.24, 2.45) is 10.9 Å². The molecule has 0 aromatic heterocycles. The molecule has 0 radical (unpaired) electrons. The van der Waals surface area contributed by atoms with Gasteiger partial charge in [-0.25, -0.2) is 0 Å². The molecular formula is C17H36N4O. The summed E-state index contributed by atoms with van der Waals surface area (Å²) in [4.78, 5) is 16.0. The number of amides is 1. The van der Waals surface area contributed by atoms with Crippen LogP contribution < -0.4 is 16.0 Å². The Bertz CT molecular complexity index is 316. The van der Waals surface area contributed by atoms with E-state index in [9.17, 15) is 4.79 Å². The summed E-state index contributed by atoms with van der Waals surface area (Å²) >= 11 is 0. The van der Waals surface area contributed by atoms with Crippen LogP contribution in [0.1, 0.15) is 66.7 Å². The number of rotatable bonds is 11. The number of nitrogens with one attached hydrogen (secondary N) is 3. The maximum atomic E-state index is 11.5. The third-order valence-electron chi connectivity index (χ3n) is 3.33. The van der Waals surface area contributed by atoms with Crippen molar-refractivity contribution in [1.29, 1.82) is 0 Å². The van der Waals surface area contributed by atoms with Crippen molar-refractivity contribution in [3.63, 3.8) is 0 Å². The molecule has 0 rings (SSSR count).